The Labute approximate surface area is 67.6 Å². The van der Waals surface area contributed by atoms with Crippen molar-refractivity contribution in [1.82, 2.24) is 0 Å². The molecule has 1 nitrogen and oxygen atoms in total. The molecule has 10 heavy (non-hydrogen) atoms. The molecule has 0 aromatic heterocycles. The predicted molar refractivity (Wildman–Crippen MR) is 47.4 cm³/mol. The third-order valence-corrected chi connectivity index (χ3v) is 3.11. The van der Waals surface area contributed by atoms with Crippen LogP contribution in [0.4, 0.5) is 0 Å². The Balaban J connectivity index is 3.67. The van der Waals surface area contributed by atoms with Crippen LogP contribution in [0.5, 0.6) is 0 Å². The van der Waals surface area contributed by atoms with E-state index in [-0.39, 0.29) is 5.92 Å². The minimum absolute atomic E-state index is 0.218. The molecule has 2 atom stereocenters. The molecule has 0 heterocycles. The van der Waals surface area contributed by atoms with Crippen molar-refractivity contribution >= 4 is 18.0 Å². The highest BCUT2D eigenvalue weighted by Crippen LogP contribution is 2.20. The molecular weight excluding hydrogens is 144 g/mol. The van der Waals surface area contributed by atoms with Crippen LogP contribution in [-0.4, -0.2) is 17.3 Å². The Morgan fingerprint density at radius 3 is 2.40 bits per heavy atom. The number of aldehydes is 1. The second-order valence-electron chi connectivity index (χ2n) is 2.40. The number of hydrogen-bond acceptors (Lipinski definition) is 2. The van der Waals surface area contributed by atoms with Gasteiger partial charge in [0, 0.05) is 11.2 Å². The van der Waals surface area contributed by atoms with Crippen molar-refractivity contribution < 1.29 is 4.79 Å². The van der Waals surface area contributed by atoms with E-state index in [1.807, 2.05) is 18.7 Å². The minimum Gasteiger partial charge on any atom is -0.303 e. The molecule has 0 aromatic rings. The maximum Gasteiger partial charge on any atom is 0.123 e. The maximum atomic E-state index is 10.4. The molecule has 0 spiro atoms. The zero-order valence-electron chi connectivity index (χ0n) is 6.96. The molecule has 0 rings (SSSR count). The van der Waals surface area contributed by atoms with Crippen LogP contribution in [0.25, 0.3) is 0 Å². The zero-order valence-corrected chi connectivity index (χ0v) is 7.78. The first kappa shape index (κ1) is 10.0. The summed E-state index contributed by atoms with van der Waals surface area (Å²) in [5, 5.41) is 0.530. The second kappa shape index (κ2) is 5.78. The first-order valence-electron chi connectivity index (χ1n) is 3.83. The molecule has 0 N–H and O–H groups in total. The Hall–Kier alpha value is 0.0200. The van der Waals surface area contributed by atoms with Crippen LogP contribution in [0.15, 0.2) is 0 Å². The van der Waals surface area contributed by atoms with E-state index in [9.17, 15) is 4.79 Å². The maximum absolute atomic E-state index is 10.4. The molecule has 0 radical (unpaired) electrons. The van der Waals surface area contributed by atoms with Crippen LogP contribution in [-0.2, 0) is 4.79 Å². The quantitative estimate of drug-likeness (QED) is 0.574. The topological polar surface area (TPSA) is 17.1 Å². The lowest BCUT2D eigenvalue weighted by atomic mass is 10.1. The largest absolute Gasteiger partial charge is 0.303 e. The van der Waals surface area contributed by atoms with Crippen molar-refractivity contribution in [2.45, 2.75) is 32.4 Å². The van der Waals surface area contributed by atoms with Crippen LogP contribution in [0.2, 0.25) is 0 Å². The molecule has 0 amide bonds. The summed E-state index contributed by atoms with van der Waals surface area (Å²) in [5.41, 5.74) is 0. The Morgan fingerprint density at radius 2 is 2.10 bits per heavy atom. The van der Waals surface area contributed by atoms with Crippen LogP contribution >= 0.6 is 11.8 Å². The number of hydrogen-bond donors (Lipinski definition) is 0. The van der Waals surface area contributed by atoms with Gasteiger partial charge in [-0.2, -0.15) is 11.8 Å². The van der Waals surface area contributed by atoms with Gasteiger partial charge in [0.2, 0.25) is 0 Å². The van der Waals surface area contributed by atoms with Crippen molar-refractivity contribution in [2.75, 3.05) is 5.75 Å². The van der Waals surface area contributed by atoms with Gasteiger partial charge in [-0.1, -0.05) is 20.8 Å². The van der Waals surface area contributed by atoms with Gasteiger partial charge in [-0.3, -0.25) is 0 Å². The Kier molecular flexibility index (Phi) is 5.79. The molecule has 0 unspecified atom stereocenters. The number of carbonyl (C=O) groups excluding carboxylic acids is 1. The average Bonchev–Trinajstić information content (AvgIpc) is 1.99. The predicted octanol–water partition coefficient (Wildman–Crippen LogP) is 2.35. The summed E-state index contributed by atoms with van der Waals surface area (Å²) in [4.78, 5) is 10.4. The number of carbonyl (C=O) groups is 1. The summed E-state index contributed by atoms with van der Waals surface area (Å²) in [6, 6.07) is 0. The second-order valence-corrected chi connectivity index (χ2v) is 3.91. The average molecular weight is 160 g/mol. The summed E-state index contributed by atoms with van der Waals surface area (Å²) >= 11 is 1.88. The molecule has 2 heteroatoms. The van der Waals surface area contributed by atoms with Crippen LogP contribution in [0.1, 0.15) is 27.2 Å². The van der Waals surface area contributed by atoms with E-state index >= 15 is 0 Å². The highest BCUT2D eigenvalue weighted by Gasteiger charge is 2.13. The first-order chi connectivity index (χ1) is 4.76. The van der Waals surface area contributed by atoms with E-state index in [0.717, 1.165) is 18.5 Å². The van der Waals surface area contributed by atoms with Gasteiger partial charge in [-0.15, -0.1) is 0 Å². The first-order valence-corrected chi connectivity index (χ1v) is 4.88. The summed E-state index contributed by atoms with van der Waals surface area (Å²) in [7, 11) is 0. The Morgan fingerprint density at radius 1 is 1.50 bits per heavy atom. The van der Waals surface area contributed by atoms with E-state index in [4.69, 9.17) is 0 Å². The molecular formula is C8H16OS. The van der Waals surface area contributed by atoms with Gasteiger partial charge < -0.3 is 4.79 Å². The van der Waals surface area contributed by atoms with Gasteiger partial charge in [0.25, 0.3) is 0 Å². The third kappa shape index (κ3) is 3.25. The van der Waals surface area contributed by atoms with Gasteiger partial charge in [0.05, 0.1) is 0 Å². The number of thioether (sulfide) groups is 1. The molecule has 0 fully saturated rings. The fourth-order valence-electron chi connectivity index (χ4n) is 0.943. The minimum atomic E-state index is 0.218. The number of rotatable bonds is 5. The van der Waals surface area contributed by atoms with Crippen molar-refractivity contribution in [3.05, 3.63) is 0 Å². The molecule has 0 aromatic carbocycles. The smallest absolute Gasteiger partial charge is 0.123 e. The highest BCUT2D eigenvalue weighted by molar-refractivity contribution is 7.99. The molecule has 0 saturated heterocycles. The van der Waals surface area contributed by atoms with E-state index in [0.29, 0.717) is 5.25 Å². The third-order valence-electron chi connectivity index (χ3n) is 1.58. The summed E-state index contributed by atoms with van der Waals surface area (Å²) < 4.78 is 0. The van der Waals surface area contributed by atoms with Crippen molar-refractivity contribution in [1.29, 1.82) is 0 Å². The van der Waals surface area contributed by atoms with Crippen LogP contribution < -0.4 is 0 Å². The summed E-state index contributed by atoms with van der Waals surface area (Å²) in [6.07, 6.45) is 2.15. The monoisotopic (exact) mass is 160 g/mol. The van der Waals surface area contributed by atoms with Crippen LogP contribution in [0, 0.1) is 5.92 Å². The van der Waals surface area contributed by atoms with E-state index in [1.54, 1.807) is 0 Å². The normalized spacial score (nSPS) is 16.3. The van der Waals surface area contributed by atoms with Gasteiger partial charge in [-0.25, -0.2) is 0 Å². The van der Waals surface area contributed by atoms with Gasteiger partial charge in [0.1, 0.15) is 6.29 Å². The SMILES string of the molecule is CCS[C@@H](CC)[C@@H](C)C=O. The molecule has 0 aliphatic carbocycles. The molecule has 0 aliphatic heterocycles. The molecule has 60 valence electrons. The fraction of sp³-hybridized carbons (Fsp3) is 0.875. The standard InChI is InChI=1S/C8H16OS/c1-4-8(10-5-2)7(3)6-9/h6-8H,4-5H2,1-3H3/t7-,8-/m0/s1. The molecule has 0 saturated carbocycles. The van der Waals surface area contributed by atoms with Gasteiger partial charge in [-0.05, 0) is 12.2 Å². The van der Waals surface area contributed by atoms with E-state index < -0.39 is 0 Å². The fourth-order valence-corrected chi connectivity index (χ4v) is 1.97. The van der Waals surface area contributed by atoms with Crippen molar-refractivity contribution in [3.63, 3.8) is 0 Å². The van der Waals surface area contributed by atoms with Crippen LogP contribution in [0.3, 0.4) is 0 Å². The summed E-state index contributed by atoms with van der Waals surface area (Å²) in [6.45, 7) is 6.25. The molecule has 0 aliphatic rings. The summed E-state index contributed by atoms with van der Waals surface area (Å²) in [5.74, 6) is 1.33. The van der Waals surface area contributed by atoms with Gasteiger partial charge >= 0.3 is 0 Å². The zero-order chi connectivity index (χ0) is 7.98. The van der Waals surface area contributed by atoms with Crippen molar-refractivity contribution in [3.8, 4) is 0 Å². The lowest BCUT2D eigenvalue weighted by Crippen LogP contribution is -2.14. The van der Waals surface area contributed by atoms with E-state index in [1.165, 1.54) is 0 Å². The van der Waals surface area contributed by atoms with Gasteiger partial charge in [0.15, 0.2) is 0 Å². The highest BCUT2D eigenvalue weighted by atomic mass is 32.2. The lowest BCUT2D eigenvalue weighted by molar-refractivity contribution is -0.110. The lowest BCUT2D eigenvalue weighted by Gasteiger charge is -2.15. The molecule has 0 bridgehead atoms. The van der Waals surface area contributed by atoms with Crippen molar-refractivity contribution in [2.24, 2.45) is 5.92 Å². The van der Waals surface area contributed by atoms with E-state index in [2.05, 4.69) is 13.8 Å². The Bertz CT molecular complexity index is 93.3.